The van der Waals surface area contributed by atoms with Gasteiger partial charge in [0, 0.05) is 20.5 Å². The van der Waals surface area contributed by atoms with Gasteiger partial charge in [-0.05, 0) is 6.42 Å². The van der Waals surface area contributed by atoms with Gasteiger partial charge in [-0.15, -0.1) is 0 Å². The third kappa shape index (κ3) is 2.96. The normalized spacial score (nSPS) is 23.5. The average molecular weight is 330 g/mol. The van der Waals surface area contributed by atoms with Crippen LogP contribution in [-0.2, 0) is 0 Å². The number of ether oxygens (including phenoxy) is 1. The van der Waals surface area contributed by atoms with Gasteiger partial charge in [-0.1, -0.05) is 19.1 Å². The van der Waals surface area contributed by atoms with Gasteiger partial charge in [0.2, 0.25) is 5.88 Å². The Kier molecular flexibility index (Phi) is 4.23. The molecular weight excluding hydrogens is 308 g/mol. The molecule has 8 nitrogen and oxygen atoms in total. The van der Waals surface area contributed by atoms with Crippen LogP contribution in [0.15, 0.2) is 23.5 Å². The molecule has 3 rings (SSSR count). The van der Waals surface area contributed by atoms with E-state index in [0.29, 0.717) is 35.8 Å². The summed E-state index contributed by atoms with van der Waals surface area (Å²) in [6, 6.07) is -0.00904. The Bertz CT molecular complexity index is 797. The first kappa shape index (κ1) is 16.4. The van der Waals surface area contributed by atoms with E-state index in [9.17, 15) is 5.11 Å². The molecule has 0 fully saturated rings. The quantitative estimate of drug-likeness (QED) is 0.510. The van der Waals surface area contributed by atoms with Crippen LogP contribution in [0.25, 0.3) is 11.2 Å². The number of aromatic nitrogens is 4. The molecule has 0 aromatic carbocycles. The van der Waals surface area contributed by atoms with Gasteiger partial charge in [0.05, 0.1) is 31.4 Å². The minimum Gasteiger partial charge on any atom is -0.479 e. The first-order valence-electron chi connectivity index (χ1n) is 7.86. The van der Waals surface area contributed by atoms with Gasteiger partial charge in [0.25, 0.3) is 5.95 Å². The van der Waals surface area contributed by atoms with Crippen LogP contribution in [0.2, 0.25) is 0 Å². The van der Waals surface area contributed by atoms with Crippen molar-refractivity contribution in [3.8, 4) is 5.88 Å². The standard InChI is InChI=1S/C16H22N6O2/c1-5-16(23)7-6-11(8-16)22-10-17-12-13(22)19-15(18-9-21(2)3)20-14(12)24-4/h6-7,9-11,23H,5,8H2,1-4H3/b18-9-/t11-,16+/m0/s1. The molecule has 2 heterocycles. The van der Waals surface area contributed by atoms with Crippen LogP contribution in [-0.4, -0.2) is 62.7 Å². The van der Waals surface area contributed by atoms with Crippen molar-refractivity contribution in [3.63, 3.8) is 0 Å². The van der Waals surface area contributed by atoms with Crippen molar-refractivity contribution in [3.05, 3.63) is 18.5 Å². The second-order valence-electron chi connectivity index (χ2n) is 6.15. The lowest BCUT2D eigenvalue weighted by Gasteiger charge is -2.20. The molecule has 128 valence electrons. The fraction of sp³-hybridized carbons (Fsp3) is 0.500. The summed E-state index contributed by atoms with van der Waals surface area (Å²) in [4.78, 5) is 19.2. The van der Waals surface area contributed by atoms with Crippen LogP contribution in [0.5, 0.6) is 5.88 Å². The van der Waals surface area contributed by atoms with Gasteiger partial charge in [-0.2, -0.15) is 9.97 Å². The van der Waals surface area contributed by atoms with Crippen molar-refractivity contribution in [2.45, 2.75) is 31.4 Å². The summed E-state index contributed by atoms with van der Waals surface area (Å²) in [6.07, 6.45) is 8.44. The van der Waals surface area contributed by atoms with E-state index in [2.05, 4.69) is 19.9 Å². The molecule has 1 N–H and O–H groups in total. The predicted molar refractivity (Wildman–Crippen MR) is 91.7 cm³/mol. The number of aliphatic imine (C=N–C) groups is 1. The molecule has 0 bridgehead atoms. The molecule has 0 saturated carbocycles. The molecule has 8 heteroatoms. The maximum Gasteiger partial charge on any atom is 0.256 e. The molecule has 2 aromatic heterocycles. The number of rotatable bonds is 5. The minimum absolute atomic E-state index is 0.00904. The number of imidazole rings is 1. The molecule has 24 heavy (non-hydrogen) atoms. The average Bonchev–Trinajstić information content (AvgIpc) is 3.16. The van der Waals surface area contributed by atoms with Crippen molar-refractivity contribution in [2.75, 3.05) is 21.2 Å². The van der Waals surface area contributed by atoms with Crippen molar-refractivity contribution in [2.24, 2.45) is 4.99 Å². The molecule has 0 aliphatic heterocycles. The number of aliphatic hydroxyl groups is 1. The first-order valence-corrected chi connectivity index (χ1v) is 7.86. The number of hydrogen-bond donors (Lipinski definition) is 1. The van der Waals surface area contributed by atoms with Crippen LogP contribution in [0, 0.1) is 0 Å². The van der Waals surface area contributed by atoms with Crippen molar-refractivity contribution in [1.82, 2.24) is 24.4 Å². The molecule has 1 aliphatic carbocycles. The molecular formula is C16H22N6O2. The summed E-state index contributed by atoms with van der Waals surface area (Å²) >= 11 is 0. The van der Waals surface area contributed by atoms with Gasteiger partial charge in [0.15, 0.2) is 11.2 Å². The lowest BCUT2D eigenvalue weighted by molar-refractivity contribution is 0.0785. The SMILES string of the molecule is CC[C@@]1(O)C=C[C@H](n2cnc3c(OC)nc(/N=C\N(C)C)nc32)C1. The maximum absolute atomic E-state index is 10.4. The zero-order valence-electron chi connectivity index (χ0n) is 14.3. The summed E-state index contributed by atoms with van der Waals surface area (Å²) in [5, 5.41) is 10.4. The van der Waals surface area contributed by atoms with Crippen molar-refractivity contribution in [1.29, 1.82) is 0 Å². The van der Waals surface area contributed by atoms with E-state index in [1.807, 2.05) is 37.7 Å². The molecule has 0 saturated heterocycles. The van der Waals surface area contributed by atoms with E-state index in [-0.39, 0.29) is 6.04 Å². The summed E-state index contributed by atoms with van der Waals surface area (Å²) in [5.74, 6) is 0.694. The van der Waals surface area contributed by atoms with E-state index in [0.717, 1.165) is 0 Å². The van der Waals surface area contributed by atoms with E-state index >= 15 is 0 Å². The smallest absolute Gasteiger partial charge is 0.256 e. The van der Waals surface area contributed by atoms with Crippen molar-refractivity contribution < 1.29 is 9.84 Å². The van der Waals surface area contributed by atoms with Gasteiger partial charge in [0.1, 0.15) is 0 Å². The van der Waals surface area contributed by atoms with E-state index in [1.165, 1.54) is 0 Å². The number of nitrogens with zero attached hydrogens (tertiary/aromatic N) is 6. The molecule has 2 aromatic rings. The lowest BCUT2D eigenvalue weighted by Crippen LogP contribution is -2.23. The Labute approximate surface area is 140 Å². The summed E-state index contributed by atoms with van der Waals surface area (Å²) in [5.41, 5.74) is 0.453. The van der Waals surface area contributed by atoms with Gasteiger partial charge < -0.3 is 19.3 Å². The molecule has 1 aliphatic rings. The highest BCUT2D eigenvalue weighted by molar-refractivity contribution is 5.78. The highest BCUT2D eigenvalue weighted by atomic mass is 16.5. The largest absolute Gasteiger partial charge is 0.479 e. The maximum atomic E-state index is 10.4. The van der Waals surface area contributed by atoms with Crippen LogP contribution in [0.1, 0.15) is 25.8 Å². The minimum atomic E-state index is -0.774. The monoisotopic (exact) mass is 330 g/mol. The second-order valence-corrected chi connectivity index (χ2v) is 6.15. The Morgan fingerprint density at radius 1 is 1.50 bits per heavy atom. The van der Waals surface area contributed by atoms with Crippen LogP contribution in [0.3, 0.4) is 0 Å². The Morgan fingerprint density at radius 2 is 2.29 bits per heavy atom. The Balaban J connectivity index is 2.04. The zero-order chi connectivity index (χ0) is 17.3. The highest BCUT2D eigenvalue weighted by Crippen LogP contribution is 2.35. The predicted octanol–water partition coefficient (Wildman–Crippen LogP) is 1.70. The first-order chi connectivity index (χ1) is 11.5. The van der Waals surface area contributed by atoms with Gasteiger partial charge in [-0.3, -0.25) is 0 Å². The van der Waals surface area contributed by atoms with E-state index in [1.54, 1.807) is 24.7 Å². The lowest BCUT2D eigenvalue weighted by atomic mass is 9.99. The number of hydrogen-bond acceptors (Lipinski definition) is 6. The molecule has 2 atom stereocenters. The van der Waals surface area contributed by atoms with Crippen LogP contribution in [0.4, 0.5) is 5.95 Å². The Morgan fingerprint density at radius 3 is 2.92 bits per heavy atom. The van der Waals surface area contributed by atoms with Gasteiger partial charge >= 0.3 is 0 Å². The molecule has 0 radical (unpaired) electrons. The van der Waals surface area contributed by atoms with Crippen molar-refractivity contribution >= 4 is 23.5 Å². The van der Waals surface area contributed by atoms with E-state index in [4.69, 9.17) is 4.74 Å². The number of allylic oxidation sites excluding steroid dienone is 1. The summed E-state index contributed by atoms with van der Waals surface area (Å²) in [6.45, 7) is 1.97. The Hall–Kier alpha value is -2.48. The van der Waals surface area contributed by atoms with Crippen LogP contribution < -0.4 is 4.74 Å². The van der Waals surface area contributed by atoms with Crippen LogP contribution >= 0.6 is 0 Å². The number of fused-ring (bicyclic) bond motifs is 1. The zero-order valence-corrected chi connectivity index (χ0v) is 14.3. The second kappa shape index (κ2) is 6.20. The topological polar surface area (TPSA) is 88.7 Å². The molecule has 0 amide bonds. The highest BCUT2D eigenvalue weighted by Gasteiger charge is 2.32. The third-order valence-corrected chi connectivity index (χ3v) is 4.14. The third-order valence-electron chi connectivity index (χ3n) is 4.14. The fourth-order valence-corrected chi connectivity index (χ4v) is 2.73. The number of methoxy groups -OCH3 is 1. The fourth-order valence-electron chi connectivity index (χ4n) is 2.73. The van der Waals surface area contributed by atoms with Gasteiger partial charge in [-0.25, -0.2) is 9.98 Å². The van der Waals surface area contributed by atoms with E-state index < -0.39 is 5.60 Å². The molecule has 0 unspecified atom stereocenters. The summed E-state index contributed by atoms with van der Waals surface area (Å²) < 4.78 is 7.26. The summed E-state index contributed by atoms with van der Waals surface area (Å²) in [7, 11) is 5.29. The molecule has 0 spiro atoms.